The van der Waals surface area contributed by atoms with E-state index in [9.17, 15) is 12.8 Å². The van der Waals surface area contributed by atoms with Gasteiger partial charge in [-0.05, 0) is 36.8 Å². The third-order valence-electron chi connectivity index (χ3n) is 2.64. The van der Waals surface area contributed by atoms with Gasteiger partial charge in [-0.25, -0.2) is 12.8 Å². The van der Waals surface area contributed by atoms with E-state index >= 15 is 0 Å². The van der Waals surface area contributed by atoms with E-state index in [2.05, 4.69) is 14.9 Å². The van der Waals surface area contributed by atoms with Crippen LogP contribution >= 0.6 is 0 Å². The maximum atomic E-state index is 13.7. The monoisotopic (exact) mass is 297 g/mol. The van der Waals surface area contributed by atoms with Gasteiger partial charge < -0.3 is 5.11 Å². The van der Waals surface area contributed by atoms with E-state index in [1.807, 2.05) is 0 Å². The molecule has 0 saturated heterocycles. The molecule has 2 N–H and O–H groups in total. The highest BCUT2D eigenvalue weighted by atomic mass is 32.2. The largest absolute Gasteiger partial charge is 0.392 e. The van der Waals surface area contributed by atoms with Crippen molar-refractivity contribution in [1.29, 1.82) is 0 Å². The molecule has 1 heterocycles. The molecule has 0 fully saturated rings. The maximum absolute atomic E-state index is 13.7. The average molecular weight is 297 g/mol. The maximum Gasteiger partial charge on any atom is 0.263 e. The number of hydrogen-bond donors (Lipinski definition) is 2. The van der Waals surface area contributed by atoms with E-state index in [1.165, 1.54) is 31.3 Å². The van der Waals surface area contributed by atoms with Gasteiger partial charge in [0.1, 0.15) is 5.82 Å². The number of aliphatic hydroxyl groups is 1. The Morgan fingerprint density at radius 3 is 2.75 bits per heavy atom. The van der Waals surface area contributed by atoms with Gasteiger partial charge in [0, 0.05) is 11.8 Å². The first-order valence-corrected chi connectivity index (χ1v) is 7.13. The van der Waals surface area contributed by atoms with Crippen LogP contribution in [0.3, 0.4) is 0 Å². The zero-order valence-electron chi connectivity index (χ0n) is 10.5. The second-order valence-corrected chi connectivity index (χ2v) is 5.72. The van der Waals surface area contributed by atoms with Crippen molar-refractivity contribution < 1.29 is 17.9 Å². The van der Waals surface area contributed by atoms with Crippen LogP contribution < -0.4 is 4.72 Å². The van der Waals surface area contributed by atoms with Crippen LogP contribution in [0.1, 0.15) is 11.1 Å². The molecule has 1 aromatic carbocycles. The lowest BCUT2D eigenvalue weighted by Gasteiger charge is -2.11. The standard InChI is InChI=1S/C12H12FN3O3S/c1-8-10(13)5-9(7-17)6-11(8)20(18,19)16-12-3-2-4-14-15-12/h2-6,17H,7H2,1H3,(H,15,16). The summed E-state index contributed by atoms with van der Waals surface area (Å²) in [5.74, 6) is -0.669. The lowest BCUT2D eigenvalue weighted by Crippen LogP contribution is -2.16. The van der Waals surface area contributed by atoms with Crippen LogP contribution in [0.15, 0.2) is 35.4 Å². The van der Waals surface area contributed by atoms with Crippen molar-refractivity contribution in [3.63, 3.8) is 0 Å². The van der Waals surface area contributed by atoms with E-state index in [0.29, 0.717) is 0 Å². The van der Waals surface area contributed by atoms with Gasteiger partial charge in [0.05, 0.1) is 11.5 Å². The zero-order chi connectivity index (χ0) is 14.8. The van der Waals surface area contributed by atoms with Gasteiger partial charge in [-0.3, -0.25) is 4.72 Å². The van der Waals surface area contributed by atoms with Crippen LogP contribution in [-0.4, -0.2) is 23.7 Å². The molecule has 0 aliphatic carbocycles. The SMILES string of the molecule is Cc1c(F)cc(CO)cc1S(=O)(=O)Nc1cccnn1. The molecule has 0 spiro atoms. The topological polar surface area (TPSA) is 92.2 Å². The molecule has 6 nitrogen and oxygen atoms in total. The molecule has 1 aromatic heterocycles. The van der Waals surface area contributed by atoms with Crippen molar-refractivity contribution in [2.75, 3.05) is 4.72 Å². The summed E-state index contributed by atoms with van der Waals surface area (Å²) in [5.41, 5.74) is 0.145. The summed E-state index contributed by atoms with van der Waals surface area (Å²) >= 11 is 0. The Morgan fingerprint density at radius 2 is 2.15 bits per heavy atom. The fourth-order valence-corrected chi connectivity index (χ4v) is 2.93. The Labute approximate surface area is 115 Å². The van der Waals surface area contributed by atoms with Gasteiger partial charge in [0.25, 0.3) is 10.0 Å². The molecule has 0 amide bonds. The molecule has 0 aliphatic rings. The summed E-state index contributed by atoms with van der Waals surface area (Å²) in [6, 6.07) is 5.25. The normalized spacial score (nSPS) is 11.3. The van der Waals surface area contributed by atoms with Crippen molar-refractivity contribution in [3.05, 3.63) is 47.4 Å². The van der Waals surface area contributed by atoms with Crippen LogP contribution in [-0.2, 0) is 16.6 Å². The number of rotatable bonds is 4. The first-order valence-electron chi connectivity index (χ1n) is 5.64. The van der Waals surface area contributed by atoms with Crippen LogP contribution in [0.25, 0.3) is 0 Å². The number of aliphatic hydroxyl groups excluding tert-OH is 1. The predicted molar refractivity (Wildman–Crippen MR) is 69.9 cm³/mol. The summed E-state index contributed by atoms with van der Waals surface area (Å²) < 4.78 is 40.3. The lowest BCUT2D eigenvalue weighted by molar-refractivity contribution is 0.281. The number of aromatic nitrogens is 2. The van der Waals surface area contributed by atoms with Gasteiger partial charge in [-0.15, -0.1) is 5.10 Å². The minimum Gasteiger partial charge on any atom is -0.392 e. The first kappa shape index (κ1) is 14.4. The average Bonchev–Trinajstić information content (AvgIpc) is 2.42. The smallest absolute Gasteiger partial charge is 0.263 e. The summed E-state index contributed by atoms with van der Waals surface area (Å²) in [6.45, 7) is 0.895. The van der Waals surface area contributed by atoms with Crippen LogP contribution in [0.5, 0.6) is 0 Å². The van der Waals surface area contributed by atoms with Crippen molar-refractivity contribution in [1.82, 2.24) is 10.2 Å². The lowest BCUT2D eigenvalue weighted by atomic mass is 10.1. The Bertz CT molecular complexity index is 720. The van der Waals surface area contributed by atoms with Crippen molar-refractivity contribution in [2.24, 2.45) is 0 Å². The molecule has 2 aromatic rings. The number of nitrogens with one attached hydrogen (secondary N) is 1. The Hall–Kier alpha value is -2.06. The van der Waals surface area contributed by atoms with E-state index in [1.54, 1.807) is 0 Å². The molecule has 106 valence electrons. The molecule has 8 heteroatoms. The molecule has 0 unspecified atom stereocenters. The van der Waals surface area contributed by atoms with Crippen molar-refractivity contribution in [2.45, 2.75) is 18.4 Å². The second-order valence-electron chi connectivity index (χ2n) is 4.07. The van der Waals surface area contributed by atoms with Crippen LogP contribution in [0.2, 0.25) is 0 Å². The number of halogens is 1. The highest BCUT2D eigenvalue weighted by Crippen LogP contribution is 2.22. The van der Waals surface area contributed by atoms with Gasteiger partial charge in [0.2, 0.25) is 0 Å². The minimum absolute atomic E-state index is 0.0291. The molecular formula is C12H12FN3O3S. The van der Waals surface area contributed by atoms with Crippen molar-refractivity contribution in [3.8, 4) is 0 Å². The zero-order valence-corrected chi connectivity index (χ0v) is 11.4. The Balaban J connectivity index is 2.47. The number of nitrogens with zero attached hydrogens (tertiary/aromatic N) is 2. The van der Waals surface area contributed by atoms with E-state index in [4.69, 9.17) is 5.11 Å². The van der Waals surface area contributed by atoms with Crippen LogP contribution in [0, 0.1) is 12.7 Å². The number of benzene rings is 1. The van der Waals surface area contributed by atoms with Crippen molar-refractivity contribution >= 4 is 15.8 Å². The fraction of sp³-hybridized carbons (Fsp3) is 0.167. The number of sulfonamides is 1. The fourth-order valence-electron chi connectivity index (χ4n) is 1.63. The van der Waals surface area contributed by atoms with E-state index in [-0.39, 0.29) is 21.8 Å². The number of hydrogen-bond acceptors (Lipinski definition) is 5. The van der Waals surface area contributed by atoms with Gasteiger partial charge in [0.15, 0.2) is 5.82 Å². The summed E-state index contributed by atoms with van der Waals surface area (Å²) in [5, 5.41) is 16.2. The molecule has 0 radical (unpaired) electrons. The summed E-state index contributed by atoms with van der Waals surface area (Å²) in [4.78, 5) is -0.243. The molecule has 0 atom stereocenters. The first-order chi connectivity index (χ1) is 9.44. The van der Waals surface area contributed by atoms with Gasteiger partial charge >= 0.3 is 0 Å². The van der Waals surface area contributed by atoms with Gasteiger partial charge in [-0.2, -0.15) is 5.10 Å². The molecule has 0 bridgehead atoms. The second kappa shape index (κ2) is 5.51. The highest BCUT2D eigenvalue weighted by molar-refractivity contribution is 7.92. The molecule has 20 heavy (non-hydrogen) atoms. The Morgan fingerprint density at radius 1 is 1.40 bits per heavy atom. The number of anilines is 1. The summed E-state index contributed by atoms with van der Waals surface area (Å²) in [6.07, 6.45) is 1.40. The molecular weight excluding hydrogens is 285 g/mol. The van der Waals surface area contributed by atoms with E-state index in [0.717, 1.165) is 6.07 Å². The highest BCUT2D eigenvalue weighted by Gasteiger charge is 2.20. The molecule has 0 aliphatic heterocycles. The molecule has 0 saturated carbocycles. The minimum atomic E-state index is -4.00. The third kappa shape index (κ3) is 2.91. The van der Waals surface area contributed by atoms with E-state index < -0.39 is 22.4 Å². The summed E-state index contributed by atoms with van der Waals surface area (Å²) in [7, 11) is -4.00. The van der Waals surface area contributed by atoms with Crippen LogP contribution in [0.4, 0.5) is 10.2 Å². The molecule has 2 rings (SSSR count). The predicted octanol–water partition coefficient (Wildman–Crippen LogP) is 1.22. The quantitative estimate of drug-likeness (QED) is 0.885. The third-order valence-corrected chi connectivity index (χ3v) is 4.12. The van der Waals surface area contributed by atoms with Gasteiger partial charge in [-0.1, -0.05) is 0 Å². The Kier molecular flexibility index (Phi) is 3.96.